The minimum Gasteiger partial charge on any atom is -0.481 e. The van der Waals surface area contributed by atoms with Gasteiger partial charge in [-0.05, 0) is 42.7 Å². The lowest BCUT2D eigenvalue weighted by Gasteiger charge is -2.35. The molecule has 0 aromatic heterocycles. The molecule has 1 saturated heterocycles. The van der Waals surface area contributed by atoms with E-state index in [9.17, 15) is 19.5 Å². The molecule has 3 rings (SSSR count). The minimum atomic E-state index is -0.976. The number of aliphatic carboxylic acids is 1. The molecule has 0 spiro atoms. The second-order valence-electron chi connectivity index (χ2n) is 7.78. The third-order valence-corrected chi connectivity index (χ3v) is 5.43. The van der Waals surface area contributed by atoms with Crippen LogP contribution in [0.1, 0.15) is 24.0 Å². The molecule has 1 unspecified atom stereocenters. The van der Waals surface area contributed by atoms with Crippen molar-refractivity contribution in [3.05, 3.63) is 65.7 Å². The van der Waals surface area contributed by atoms with Gasteiger partial charge in [0.2, 0.25) is 11.8 Å². The average molecular weight is 434 g/mol. The van der Waals surface area contributed by atoms with E-state index in [-0.39, 0.29) is 31.3 Å². The number of nitrogens with one attached hydrogen (secondary N) is 1. The van der Waals surface area contributed by atoms with Gasteiger partial charge in [-0.15, -0.1) is 0 Å². The lowest BCUT2D eigenvalue weighted by molar-refractivity contribution is -0.139. The average Bonchev–Trinajstić information content (AvgIpc) is 2.79. The molecule has 1 aliphatic rings. The summed E-state index contributed by atoms with van der Waals surface area (Å²) in [5.41, 5.74) is 2.48. The summed E-state index contributed by atoms with van der Waals surface area (Å²) in [4.78, 5) is 39.7. The predicted molar refractivity (Wildman–Crippen MR) is 119 cm³/mol. The van der Waals surface area contributed by atoms with Crippen LogP contribution < -0.4 is 10.2 Å². The Bertz CT molecular complexity index is 985. The summed E-state index contributed by atoms with van der Waals surface area (Å²) in [6.45, 7) is 1.00. The minimum absolute atomic E-state index is 0.0957. The van der Waals surface area contributed by atoms with E-state index in [4.69, 9.17) is 5.26 Å². The van der Waals surface area contributed by atoms with Crippen LogP contribution in [-0.4, -0.2) is 60.0 Å². The molecule has 8 heteroatoms. The fraction of sp³-hybridized carbons (Fsp3) is 0.333. The highest BCUT2D eigenvalue weighted by atomic mass is 16.4. The van der Waals surface area contributed by atoms with Crippen LogP contribution in [-0.2, 0) is 20.8 Å². The van der Waals surface area contributed by atoms with Crippen molar-refractivity contribution in [3.63, 3.8) is 0 Å². The van der Waals surface area contributed by atoms with Crippen molar-refractivity contribution in [3.8, 4) is 6.07 Å². The molecule has 0 radical (unpaired) electrons. The number of rotatable bonds is 9. The number of aryl methyl sites for hydroxylation is 1. The highest BCUT2D eigenvalue weighted by Gasteiger charge is 2.26. The van der Waals surface area contributed by atoms with Crippen molar-refractivity contribution in [2.45, 2.75) is 25.3 Å². The summed E-state index contributed by atoms with van der Waals surface area (Å²) in [5, 5.41) is 20.9. The number of carbonyl (C=O) groups is 3. The van der Waals surface area contributed by atoms with Gasteiger partial charge in [0.15, 0.2) is 0 Å². The maximum Gasteiger partial charge on any atom is 0.305 e. The number of nitriles is 1. The van der Waals surface area contributed by atoms with Crippen LogP contribution in [0.5, 0.6) is 0 Å². The number of hydrogen-bond donors (Lipinski definition) is 2. The quantitative estimate of drug-likeness (QED) is 0.622. The smallest absolute Gasteiger partial charge is 0.305 e. The lowest BCUT2D eigenvalue weighted by atomic mass is 10.0. The second-order valence-corrected chi connectivity index (χ2v) is 7.78. The van der Waals surface area contributed by atoms with Crippen molar-refractivity contribution < 1.29 is 19.5 Å². The normalized spacial score (nSPS) is 14.5. The van der Waals surface area contributed by atoms with Crippen LogP contribution in [0.3, 0.4) is 0 Å². The summed E-state index contributed by atoms with van der Waals surface area (Å²) in [5.74, 6) is -1.50. The summed E-state index contributed by atoms with van der Waals surface area (Å²) in [7, 11) is 0. The summed E-state index contributed by atoms with van der Waals surface area (Å²) in [6, 6.07) is 18.3. The third kappa shape index (κ3) is 6.57. The molecule has 166 valence electrons. The molecule has 2 amide bonds. The SMILES string of the molecule is N#Cc1ccc(N2CCN(CC(=O)NC(CCc3ccccc3)CC(=O)O)C(=O)C2)cc1. The van der Waals surface area contributed by atoms with Crippen LogP contribution in [0.15, 0.2) is 54.6 Å². The van der Waals surface area contributed by atoms with Gasteiger partial charge in [-0.1, -0.05) is 30.3 Å². The number of amides is 2. The Labute approximate surface area is 187 Å². The van der Waals surface area contributed by atoms with Crippen molar-refractivity contribution in [1.82, 2.24) is 10.2 Å². The Morgan fingerprint density at radius 1 is 1.09 bits per heavy atom. The van der Waals surface area contributed by atoms with Gasteiger partial charge in [0, 0.05) is 24.8 Å². The Hall–Kier alpha value is -3.86. The fourth-order valence-electron chi connectivity index (χ4n) is 3.71. The molecule has 1 fully saturated rings. The molecule has 1 heterocycles. The van der Waals surface area contributed by atoms with E-state index in [2.05, 4.69) is 11.4 Å². The molecule has 0 saturated carbocycles. The Balaban J connectivity index is 1.51. The molecule has 2 N–H and O–H groups in total. The monoisotopic (exact) mass is 434 g/mol. The van der Waals surface area contributed by atoms with Crippen molar-refractivity contribution >= 4 is 23.5 Å². The van der Waals surface area contributed by atoms with Crippen LogP contribution in [0.2, 0.25) is 0 Å². The maximum atomic E-state index is 12.6. The van der Waals surface area contributed by atoms with Crippen molar-refractivity contribution in [2.24, 2.45) is 0 Å². The molecule has 1 atom stereocenters. The summed E-state index contributed by atoms with van der Waals surface area (Å²) >= 11 is 0. The summed E-state index contributed by atoms with van der Waals surface area (Å²) in [6.07, 6.45) is 0.989. The zero-order valence-electron chi connectivity index (χ0n) is 17.7. The van der Waals surface area contributed by atoms with Gasteiger partial charge in [0.25, 0.3) is 0 Å². The number of carboxylic acid groups (broad SMARTS) is 1. The number of hydrogen-bond acceptors (Lipinski definition) is 5. The Kier molecular flexibility index (Phi) is 7.81. The van der Waals surface area contributed by atoms with E-state index < -0.39 is 12.0 Å². The molecule has 2 aromatic carbocycles. The highest BCUT2D eigenvalue weighted by Crippen LogP contribution is 2.17. The molecule has 32 heavy (non-hydrogen) atoms. The molecule has 0 aliphatic carbocycles. The van der Waals surface area contributed by atoms with Gasteiger partial charge in [0.1, 0.15) is 0 Å². The van der Waals surface area contributed by atoms with E-state index in [1.54, 1.807) is 24.3 Å². The summed E-state index contributed by atoms with van der Waals surface area (Å²) < 4.78 is 0. The first-order valence-corrected chi connectivity index (χ1v) is 10.5. The lowest BCUT2D eigenvalue weighted by Crippen LogP contribution is -2.54. The van der Waals surface area contributed by atoms with E-state index >= 15 is 0 Å². The van der Waals surface area contributed by atoms with E-state index in [0.717, 1.165) is 11.3 Å². The van der Waals surface area contributed by atoms with Gasteiger partial charge in [0.05, 0.1) is 31.1 Å². The Morgan fingerprint density at radius 2 is 1.81 bits per heavy atom. The van der Waals surface area contributed by atoms with Crippen molar-refractivity contribution in [2.75, 3.05) is 31.1 Å². The van der Waals surface area contributed by atoms with Crippen LogP contribution in [0.25, 0.3) is 0 Å². The number of piperazine rings is 1. The van der Waals surface area contributed by atoms with Crippen molar-refractivity contribution in [1.29, 1.82) is 5.26 Å². The topological polar surface area (TPSA) is 114 Å². The first-order chi connectivity index (χ1) is 15.4. The second kappa shape index (κ2) is 11.0. The zero-order chi connectivity index (χ0) is 22.9. The largest absolute Gasteiger partial charge is 0.481 e. The molecular formula is C24H26N4O4. The first kappa shape index (κ1) is 22.8. The van der Waals surface area contributed by atoms with Gasteiger partial charge >= 0.3 is 5.97 Å². The molecule has 8 nitrogen and oxygen atoms in total. The number of benzene rings is 2. The van der Waals surface area contributed by atoms with E-state index in [0.29, 0.717) is 31.5 Å². The predicted octanol–water partition coefficient (Wildman–Crippen LogP) is 1.80. The highest BCUT2D eigenvalue weighted by molar-refractivity contribution is 5.88. The van der Waals surface area contributed by atoms with Gasteiger partial charge in [-0.25, -0.2) is 0 Å². The van der Waals surface area contributed by atoms with E-state index in [1.807, 2.05) is 35.2 Å². The van der Waals surface area contributed by atoms with E-state index in [1.165, 1.54) is 4.90 Å². The fourth-order valence-corrected chi connectivity index (χ4v) is 3.71. The number of carbonyl (C=O) groups excluding carboxylic acids is 2. The molecule has 1 aliphatic heterocycles. The Morgan fingerprint density at radius 3 is 2.44 bits per heavy atom. The van der Waals surface area contributed by atoms with Gasteiger partial charge in [-0.3, -0.25) is 14.4 Å². The van der Waals surface area contributed by atoms with Gasteiger partial charge in [-0.2, -0.15) is 5.26 Å². The van der Waals surface area contributed by atoms with Crippen LogP contribution in [0.4, 0.5) is 5.69 Å². The molecular weight excluding hydrogens is 408 g/mol. The van der Waals surface area contributed by atoms with Gasteiger partial charge < -0.3 is 20.2 Å². The van der Waals surface area contributed by atoms with Crippen LogP contribution >= 0.6 is 0 Å². The number of carboxylic acids is 1. The van der Waals surface area contributed by atoms with Crippen LogP contribution in [0, 0.1) is 11.3 Å². The standard InChI is InChI=1S/C24H26N4O4/c25-15-19-7-10-21(11-8-19)27-12-13-28(23(30)17-27)16-22(29)26-20(14-24(31)32)9-6-18-4-2-1-3-5-18/h1-5,7-8,10-11,20H,6,9,12-14,16-17H2,(H,26,29)(H,31,32). The number of nitrogens with zero attached hydrogens (tertiary/aromatic N) is 3. The zero-order valence-corrected chi connectivity index (χ0v) is 17.7. The maximum absolute atomic E-state index is 12.6. The molecule has 0 bridgehead atoms. The number of anilines is 1. The first-order valence-electron chi connectivity index (χ1n) is 10.5. The molecule has 2 aromatic rings. The third-order valence-electron chi connectivity index (χ3n) is 5.43.